The molecule has 2 aromatic carbocycles. The summed E-state index contributed by atoms with van der Waals surface area (Å²) in [4.78, 5) is 14.6. The fourth-order valence-corrected chi connectivity index (χ4v) is 4.49. The molecule has 1 atom stereocenters. The molecule has 1 aliphatic carbocycles. The van der Waals surface area contributed by atoms with Crippen LogP contribution in [0.1, 0.15) is 35.7 Å². The summed E-state index contributed by atoms with van der Waals surface area (Å²) in [6.45, 7) is 2.08. The number of nitrogens with one attached hydrogen (secondary N) is 1. The van der Waals surface area contributed by atoms with Gasteiger partial charge in [-0.3, -0.25) is 4.79 Å². The molecule has 1 N–H and O–H groups in total. The van der Waals surface area contributed by atoms with E-state index in [-0.39, 0.29) is 16.8 Å². The van der Waals surface area contributed by atoms with Crippen molar-refractivity contribution in [1.82, 2.24) is 4.90 Å². The maximum absolute atomic E-state index is 12.6. The number of benzene rings is 2. The van der Waals surface area contributed by atoms with E-state index in [1.807, 2.05) is 7.05 Å². The Labute approximate surface area is 159 Å². The molecular weight excluding hydrogens is 362 g/mol. The van der Waals surface area contributed by atoms with Gasteiger partial charge < -0.3 is 10.2 Å². The number of rotatable bonds is 4. The molecule has 6 nitrogen and oxygen atoms in total. The number of amidine groups is 1. The van der Waals surface area contributed by atoms with E-state index in [0.29, 0.717) is 28.6 Å². The van der Waals surface area contributed by atoms with Crippen LogP contribution in [-0.4, -0.2) is 38.2 Å². The van der Waals surface area contributed by atoms with Crippen molar-refractivity contribution in [1.29, 1.82) is 0 Å². The van der Waals surface area contributed by atoms with E-state index in [0.717, 1.165) is 0 Å². The third kappa shape index (κ3) is 3.35. The average Bonchev–Trinajstić information content (AvgIpc) is 3.48. The molecule has 1 saturated carbocycles. The van der Waals surface area contributed by atoms with Gasteiger partial charge in [0.2, 0.25) is 0 Å². The molecule has 7 heteroatoms. The van der Waals surface area contributed by atoms with Gasteiger partial charge in [-0.2, -0.15) is 8.42 Å². The predicted octanol–water partition coefficient (Wildman–Crippen LogP) is 3.12. The van der Waals surface area contributed by atoms with Crippen molar-refractivity contribution in [3.05, 3.63) is 59.7 Å². The van der Waals surface area contributed by atoms with Crippen molar-refractivity contribution in [3.63, 3.8) is 0 Å². The van der Waals surface area contributed by atoms with Gasteiger partial charge >= 0.3 is 0 Å². The van der Waals surface area contributed by atoms with Gasteiger partial charge in [0.25, 0.3) is 15.9 Å². The van der Waals surface area contributed by atoms with E-state index in [1.165, 1.54) is 12.8 Å². The second-order valence-electron chi connectivity index (χ2n) is 7.11. The first kappa shape index (κ1) is 17.7. The largest absolute Gasteiger partial charge is 0.339 e. The van der Waals surface area contributed by atoms with Crippen LogP contribution in [0.4, 0.5) is 5.69 Å². The Morgan fingerprint density at radius 1 is 1.15 bits per heavy atom. The second-order valence-corrected chi connectivity index (χ2v) is 8.68. The molecule has 4 rings (SSSR count). The second kappa shape index (κ2) is 6.49. The molecule has 0 bridgehead atoms. The minimum absolute atomic E-state index is 0.00733. The van der Waals surface area contributed by atoms with Gasteiger partial charge in [-0.05, 0) is 62.1 Å². The highest BCUT2D eigenvalue weighted by molar-refractivity contribution is 7.90. The normalized spacial score (nSPS) is 18.4. The minimum atomic E-state index is -3.65. The number of carbonyl (C=O) groups excluding carboxylic acids is 1. The van der Waals surface area contributed by atoms with E-state index in [9.17, 15) is 13.2 Å². The highest BCUT2D eigenvalue weighted by atomic mass is 32.2. The zero-order chi connectivity index (χ0) is 19.2. The molecule has 1 heterocycles. The molecule has 1 aliphatic heterocycles. The number of anilines is 1. The number of carbonyl (C=O) groups is 1. The fraction of sp³-hybridized carbons (Fsp3) is 0.300. The van der Waals surface area contributed by atoms with E-state index >= 15 is 0 Å². The Balaban J connectivity index is 1.51. The summed E-state index contributed by atoms with van der Waals surface area (Å²) in [5.41, 5.74) is 1.84. The van der Waals surface area contributed by atoms with Gasteiger partial charge in [-0.25, -0.2) is 0 Å². The molecule has 1 unspecified atom stereocenters. The Morgan fingerprint density at radius 3 is 2.48 bits per heavy atom. The fourth-order valence-electron chi connectivity index (χ4n) is 3.31. The van der Waals surface area contributed by atoms with Crippen molar-refractivity contribution in [3.8, 4) is 0 Å². The predicted molar refractivity (Wildman–Crippen MR) is 105 cm³/mol. The summed E-state index contributed by atoms with van der Waals surface area (Å²) in [6.07, 6.45) is 2.38. The van der Waals surface area contributed by atoms with Crippen molar-refractivity contribution in [2.75, 3.05) is 12.4 Å². The van der Waals surface area contributed by atoms with Crippen molar-refractivity contribution < 1.29 is 13.2 Å². The zero-order valence-electron chi connectivity index (χ0n) is 15.2. The van der Waals surface area contributed by atoms with Gasteiger partial charge in [-0.15, -0.1) is 4.40 Å². The maximum Gasteiger partial charge on any atom is 0.285 e. The topological polar surface area (TPSA) is 78.8 Å². The van der Waals surface area contributed by atoms with E-state index in [2.05, 4.69) is 16.6 Å². The molecule has 1 fully saturated rings. The summed E-state index contributed by atoms with van der Waals surface area (Å²) >= 11 is 0. The molecule has 0 aromatic heterocycles. The Kier molecular flexibility index (Phi) is 4.26. The standard InChI is InChI=1S/C20H21N3O3S/c1-13(14-7-8-14)23(2)20(24)15-9-11-16(12-10-15)21-19-17-5-3-4-6-18(17)27(25,26)22-19/h3-6,9-14H,7-8H2,1-2H3,(H,21,22). The molecule has 0 saturated heterocycles. The minimum Gasteiger partial charge on any atom is -0.339 e. The van der Waals surface area contributed by atoms with E-state index < -0.39 is 10.0 Å². The van der Waals surface area contributed by atoms with E-state index in [4.69, 9.17) is 0 Å². The SMILES string of the molecule is CC(C1CC1)N(C)C(=O)c1ccc(NC2=NS(=O)(=O)c3ccccc32)cc1. The molecular formula is C20H21N3O3S. The van der Waals surface area contributed by atoms with Crippen LogP contribution >= 0.6 is 0 Å². The van der Waals surface area contributed by atoms with Crippen LogP contribution in [0.5, 0.6) is 0 Å². The Bertz CT molecular complexity index is 1020. The van der Waals surface area contributed by atoms with Crippen LogP contribution < -0.4 is 5.32 Å². The van der Waals surface area contributed by atoms with Gasteiger partial charge in [0.05, 0.1) is 0 Å². The summed E-state index contributed by atoms with van der Waals surface area (Å²) in [5.74, 6) is 0.901. The van der Waals surface area contributed by atoms with Gasteiger partial charge in [-0.1, -0.05) is 12.1 Å². The lowest BCUT2D eigenvalue weighted by Gasteiger charge is -2.25. The Hall–Kier alpha value is -2.67. The summed E-state index contributed by atoms with van der Waals surface area (Å²) in [5, 5.41) is 3.04. The first-order chi connectivity index (χ1) is 12.9. The number of amides is 1. The van der Waals surface area contributed by atoms with Crippen LogP contribution in [0.2, 0.25) is 0 Å². The average molecular weight is 383 g/mol. The third-order valence-corrected chi connectivity index (χ3v) is 6.60. The quantitative estimate of drug-likeness (QED) is 0.880. The molecule has 1 amide bonds. The molecule has 0 spiro atoms. The van der Waals surface area contributed by atoms with Crippen molar-refractivity contribution >= 4 is 27.5 Å². The molecule has 2 aromatic rings. The molecule has 27 heavy (non-hydrogen) atoms. The maximum atomic E-state index is 12.6. The highest BCUT2D eigenvalue weighted by Crippen LogP contribution is 2.35. The smallest absolute Gasteiger partial charge is 0.285 e. The molecule has 2 aliphatic rings. The summed E-state index contributed by atoms with van der Waals surface area (Å²) in [6, 6.07) is 14.0. The van der Waals surface area contributed by atoms with Crippen molar-refractivity contribution in [2.45, 2.75) is 30.7 Å². The lowest BCUT2D eigenvalue weighted by Crippen LogP contribution is -2.36. The first-order valence-corrected chi connectivity index (χ1v) is 10.4. The van der Waals surface area contributed by atoms with Crippen molar-refractivity contribution in [2.24, 2.45) is 10.3 Å². The lowest BCUT2D eigenvalue weighted by atomic mass is 10.1. The van der Waals surface area contributed by atoms with Crippen LogP contribution in [0, 0.1) is 5.92 Å². The first-order valence-electron chi connectivity index (χ1n) is 8.95. The molecule has 140 valence electrons. The van der Waals surface area contributed by atoms with Crippen LogP contribution in [-0.2, 0) is 10.0 Å². The van der Waals surface area contributed by atoms with Gasteiger partial charge in [0.15, 0.2) is 5.84 Å². The van der Waals surface area contributed by atoms with Gasteiger partial charge in [0, 0.05) is 29.9 Å². The monoisotopic (exact) mass is 383 g/mol. The number of fused-ring (bicyclic) bond motifs is 1. The molecule has 0 radical (unpaired) electrons. The number of sulfonamides is 1. The number of hydrogen-bond donors (Lipinski definition) is 1. The van der Waals surface area contributed by atoms with Crippen LogP contribution in [0.3, 0.4) is 0 Å². The van der Waals surface area contributed by atoms with E-state index in [1.54, 1.807) is 53.4 Å². The Morgan fingerprint density at radius 2 is 1.81 bits per heavy atom. The lowest BCUT2D eigenvalue weighted by molar-refractivity contribution is 0.0727. The van der Waals surface area contributed by atoms with Crippen LogP contribution in [0.25, 0.3) is 0 Å². The van der Waals surface area contributed by atoms with Gasteiger partial charge in [0.1, 0.15) is 4.90 Å². The highest BCUT2D eigenvalue weighted by Gasteiger charge is 2.33. The number of nitrogens with zero attached hydrogens (tertiary/aromatic N) is 2. The van der Waals surface area contributed by atoms with Crippen LogP contribution in [0.15, 0.2) is 57.8 Å². The number of hydrogen-bond acceptors (Lipinski definition) is 4. The zero-order valence-corrected chi connectivity index (χ0v) is 16.0. The summed E-state index contributed by atoms with van der Waals surface area (Å²) in [7, 11) is -1.82. The summed E-state index contributed by atoms with van der Waals surface area (Å²) < 4.78 is 28.1. The third-order valence-electron chi connectivity index (χ3n) is 5.26.